The molecule has 2 aromatic rings. The number of rotatable bonds is 3. The standard InChI is InChI=1S/C13H13BrN2/c1-10-3-2-4-11(5-10)7-16-13-6-12(14)8-15-9-13/h2-6,8-9,16H,7H2,1H3. The Bertz CT molecular complexity index is 437. The lowest BCUT2D eigenvalue weighted by Gasteiger charge is -2.06. The molecule has 0 spiro atoms. The highest BCUT2D eigenvalue weighted by atomic mass is 79.9. The Labute approximate surface area is 104 Å². The molecule has 2 rings (SSSR count). The zero-order chi connectivity index (χ0) is 11.4. The minimum absolute atomic E-state index is 0.819. The molecular weight excluding hydrogens is 264 g/mol. The Morgan fingerprint density at radius 2 is 2.12 bits per heavy atom. The Hall–Kier alpha value is -1.35. The second-order valence-corrected chi connectivity index (χ2v) is 4.65. The predicted molar refractivity (Wildman–Crippen MR) is 70.4 cm³/mol. The van der Waals surface area contributed by atoms with Crippen LogP contribution in [-0.4, -0.2) is 4.98 Å². The molecule has 16 heavy (non-hydrogen) atoms. The highest BCUT2D eigenvalue weighted by Gasteiger charge is 1.95. The fourth-order valence-corrected chi connectivity index (χ4v) is 1.90. The molecule has 1 heterocycles. The van der Waals surface area contributed by atoms with Gasteiger partial charge in [-0.15, -0.1) is 0 Å². The van der Waals surface area contributed by atoms with Crippen LogP contribution in [0, 0.1) is 6.92 Å². The maximum Gasteiger partial charge on any atom is 0.0540 e. The van der Waals surface area contributed by atoms with Crippen molar-refractivity contribution in [3.05, 3.63) is 58.3 Å². The third kappa shape index (κ3) is 3.07. The van der Waals surface area contributed by atoms with Gasteiger partial charge in [0.2, 0.25) is 0 Å². The van der Waals surface area contributed by atoms with Gasteiger partial charge in [-0.1, -0.05) is 29.8 Å². The lowest BCUT2D eigenvalue weighted by molar-refractivity contribution is 1.13. The van der Waals surface area contributed by atoms with E-state index in [-0.39, 0.29) is 0 Å². The molecule has 0 aliphatic carbocycles. The van der Waals surface area contributed by atoms with E-state index in [9.17, 15) is 0 Å². The molecule has 3 heteroatoms. The van der Waals surface area contributed by atoms with Gasteiger partial charge in [0.15, 0.2) is 0 Å². The summed E-state index contributed by atoms with van der Waals surface area (Å²) in [5.41, 5.74) is 3.59. The smallest absolute Gasteiger partial charge is 0.0540 e. The highest BCUT2D eigenvalue weighted by molar-refractivity contribution is 9.10. The van der Waals surface area contributed by atoms with Gasteiger partial charge < -0.3 is 5.32 Å². The van der Waals surface area contributed by atoms with Gasteiger partial charge in [0.25, 0.3) is 0 Å². The van der Waals surface area contributed by atoms with Crippen LogP contribution < -0.4 is 5.32 Å². The highest BCUT2D eigenvalue weighted by Crippen LogP contribution is 2.14. The third-order valence-corrected chi connectivity index (χ3v) is 2.72. The Kier molecular flexibility index (Phi) is 3.57. The maximum absolute atomic E-state index is 4.10. The summed E-state index contributed by atoms with van der Waals surface area (Å²) in [6.45, 7) is 2.92. The normalized spacial score (nSPS) is 10.1. The van der Waals surface area contributed by atoms with Gasteiger partial charge in [0, 0.05) is 17.2 Å². The van der Waals surface area contributed by atoms with E-state index in [4.69, 9.17) is 0 Å². The molecule has 0 unspecified atom stereocenters. The van der Waals surface area contributed by atoms with Crippen LogP contribution in [0.2, 0.25) is 0 Å². The number of anilines is 1. The molecule has 0 aliphatic heterocycles. The molecule has 2 nitrogen and oxygen atoms in total. The number of aromatic nitrogens is 1. The van der Waals surface area contributed by atoms with Gasteiger partial charge in [-0.25, -0.2) is 0 Å². The third-order valence-electron chi connectivity index (χ3n) is 2.28. The summed E-state index contributed by atoms with van der Waals surface area (Å²) in [4.78, 5) is 4.10. The van der Waals surface area contributed by atoms with E-state index < -0.39 is 0 Å². The predicted octanol–water partition coefficient (Wildman–Crippen LogP) is 3.76. The van der Waals surface area contributed by atoms with Crippen LogP contribution in [0.1, 0.15) is 11.1 Å². The second-order valence-electron chi connectivity index (χ2n) is 3.73. The van der Waals surface area contributed by atoms with E-state index in [0.29, 0.717) is 0 Å². The minimum atomic E-state index is 0.819. The van der Waals surface area contributed by atoms with Gasteiger partial charge in [0.05, 0.1) is 11.9 Å². The molecule has 1 aromatic heterocycles. The molecule has 82 valence electrons. The van der Waals surface area contributed by atoms with Crippen LogP contribution in [-0.2, 0) is 6.54 Å². The van der Waals surface area contributed by atoms with Crippen molar-refractivity contribution in [2.24, 2.45) is 0 Å². The van der Waals surface area contributed by atoms with Crippen LogP contribution in [0.25, 0.3) is 0 Å². The number of nitrogens with one attached hydrogen (secondary N) is 1. The van der Waals surface area contributed by atoms with Gasteiger partial charge in [0.1, 0.15) is 0 Å². The summed E-state index contributed by atoms with van der Waals surface area (Å²) in [5, 5.41) is 3.34. The van der Waals surface area contributed by atoms with Gasteiger partial charge in [-0.2, -0.15) is 0 Å². The summed E-state index contributed by atoms with van der Waals surface area (Å²) in [6, 6.07) is 10.5. The summed E-state index contributed by atoms with van der Waals surface area (Å²) in [6.07, 6.45) is 3.60. The zero-order valence-electron chi connectivity index (χ0n) is 9.07. The van der Waals surface area contributed by atoms with E-state index in [1.807, 2.05) is 12.3 Å². The summed E-state index contributed by atoms with van der Waals surface area (Å²) in [5.74, 6) is 0. The fourth-order valence-electron chi connectivity index (χ4n) is 1.53. The molecule has 0 aliphatic rings. The maximum atomic E-state index is 4.10. The van der Waals surface area contributed by atoms with Gasteiger partial charge in [-0.3, -0.25) is 4.98 Å². The van der Waals surface area contributed by atoms with Crippen molar-refractivity contribution in [2.45, 2.75) is 13.5 Å². The van der Waals surface area contributed by atoms with Crippen LogP contribution in [0.15, 0.2) is 47.2 Å². The Morgan fingerprint density at radius 3 is 2.88 bits per heavy atom. The second kappa shape index (κ2) is 5.12. The summed E-state index contributed by atoms with van der Waals surface area (Å²) in [7, 11) is 0. The number of hydrogen-bond acceptors (Lipinski definition) is 2. The molecule has 0 atom stereocenters. The van der Waals surface area contributed by atoms with Crippen molar-refractivity contribution in [1.82, 2.24) is 4.98 Å². The average Bonchev–Trinajstić information content (AvgIpc) is 2.27. The van der Waals surface area contributed by atoms with Crippen LogP contribution in [0.3, 0.4) is 0 Å². The van der Waals surface area contributed by atoms with Crippen molar-refractivity contribution in [3.63, 3.8) is 0 Å². The first kappa shape index (κ1) is 11.1. The van der Waals surface area contributed by atoms with Gasteiger partial charge >= 0.3 is 0 Å². The van der Waals surface area contributed by atoms with Crippen molar-refractivity contribution in [2.75, 3.05) is 5.32 Å². The SMILES string of the molecule is Cc1cccc(CNc2cncc(Br)c2)c1. The van der Waals surface area contributed by atoms with Crippen molar-refractivity contribution in [1.29, 1.82) is 0 Å². The monoisotopic (exact) mass is 276 g/mol. The summed E-state index contributed by atoms with van der Waals surface area (Å²) < 4.78 is 0.988. The average molecular weight is 277 g/mol. The lowest BCUT2D eigenvalue weighted by Crippen LogP contribution is -1.99. The number of nitrogens with zero attached hydrogens (tertiary/aromatic N) is 1. The summed E-state index contributed by atoms with van der Waals surface area (Å²) >= 11 is 3.40. The molecule has 1 aromatic carbocycles. The zero-order valence-corrected chi connectivity index (χ0v) is 10.7. The largest absolute Gasteiger partial charge is 0.380 e. The van der Waals surface area contributed by atoms with Gasteiger partial charge in [-0.05, 0) is 34.5 Å². The molecule has 0 fully saturated rings. The Morgan fingerprint density at radius 1 is 1.25 bits per heavy atom. The number of benzene rings is 1. The quantitative estimate of drug-likeness (QED) is 0.923. The molecule has 0 saturated heterocycles. The van der Waals surface area contributed by atoms with Crippen molar-refractivity contribution < 1.29 is 0 Å². The number of hydrogen-bond donors (Lipinski definition) is 1. The molecule has 0 radical (unpaired) electrons. The van der Waals surface area contributed by atoms with Crippen LogP contribution >= 0.6 is 15.9 Å². The van der Waals surface area contributed by atoms with Crippen LogP contribution in [0.5, 0.6) is 0 Å². The number of aryl methyl sites for hydroxylation is 1. The van der Waals surface area contributed by atoms with Crippen LogP contribution in [0.4, 0.5) is 5.69 Å². The topological polar surface area (TPSA) is 24.9 Å². The fraction of sp³-hybridized carbons (Fsp3) is 0.154. The first-order valence-corrected chi connectivity index (χ1v) is 5.93. The Balaban J connectivity index is 2.02. The van der Waals surface area contributed by atoms with Crippen molar-refractivity contribution in [3.8, 4) is 0 Å². The molecule has 1 N–H and O–H groups in total. The van der Waals surface area contributed by atoms with E-state index in [2.05, 4.69) is 57.4 Å². The van der Waals surface area contributed by atoms with Crippen molar-refractivity contribution >= 4 is 21.6 Å². The van der Waals surface area contributed by atoms with E-state index in [1.165, 1.54) is 11.1 Å². The molecular formula is C13H13BrN2. The van der Waals surface area contributed by atoms with E-state index >= 15 is 0 Å². The minimum Gasteiger partial charge on any atom is -0.380 e. The lowest BCUT2D eigenvalue weighted by atomic mass is 10.1. The molecule has 0 saturated carbocycles. The molecule has 0 bridgehead atoms. The molecule has 0 amide bonds. The number of pyridine rings is 1. The van der Waals surface area contributed by atoms with E-state index in [0.717, 1.165) is 16.7 Å². The first-order valence-electron chi connectivity index (χ1n) is 5.14. The number of halogens is 1. The van der Waals surface area contributed by atoms with E-state index in [1.54, 1.807) is 6.20 Å². The first-order chi connectivity index (χ1) is 7.74.